The largest absolute Gasteiger partial charge is 0.464 e. The zero-order valence-corrected chi connectivity index (χ0v) is 19.3. The van der Waals surface area contributed by atoms with Crippen LogP contribution in [0.1, 0.15) is 41.1 Å². The number of rotatable bonds is 6. The summed E-state index contributed by atoms with van der Waals surface area (Å²) < 4.78 is 5.82. The van der Waals surface area contributed by atoms with Crippen LogP contribution in [0.2, 0.25) is 0 Å². The average molecular weight is 432 g/mol. The fourth-order valence-corrected chi connectivity index (χ4v) is 4.39. The Morgan fingerprint density at radius 2 is 1.78 bits per heavy atom. The second kappa shape index (κ2) is 10.0. The van der Waals surface area contributed by atoms with Gasteiger partial charge in [-0.25, -0.2) is 4.79 Å². The summed E-state index contributed by atoms with van der Waals surface area (Å²) in [6, 6.07) is 20.8. The summed E-state index contributed by atoms with van der Waals surface area (Å²) in [6.45, 7) is 9.39. The number of hydrogen-bond donors (Lipinski definition) is 1. The van der Waals surface area contributed by atoms with E-state index in [-0.39, 0.29) is 12.1 Å². The van der Waals surface area contributed by atoms with Crippen molar-refractivity contribution in [2.45, 2.75) is 52.7 Å². The van der Waals surface area contributed by atoms with Gasteiger partial charge in [0.05, 0.1) is 6.54 Å². The highest BCUT2D eigenvalue weighted by molar-refractivity contribution is 5.90. The molecule has 4 rings (SSSR count). The molecule has 2 amide bonds. The lowest BCUT2D eigenvalue weighted by Crippen LogP contribution is -2.48. The van der Waals surface area contributed by atoms with Gasteiger partial charge >= 0.3 is 6.03 Å². The van der Waals surface area contributed by atoms with Gasteiger partial charge in [0.15, 0.2) is 0 Å². The summed E-state index contributed by atoms with van der Waals surface area (Å²) in [5.74, 6) is 1.69. The average Bonchev–Trinajstić information content (AvgIpc) is 3.21. The van der Waals surface area contributed by atoms with Crippen molar-refractivity contribution in [3.8, 4) is 0 Å². The van der Waals surface area contributed by atoms with E-state index < -0.39 is 0 Å². The van der Waals surface area contributed by atoms with E-state index in [1.54, 1.807) is 0 Å². The summed E-state index contributed by atoms with van der Waals surface area (Å²) in [5.41, 5.74) is 4.41. The number of amides is 2. The van der Waals surface area contributed by atoms with Gasteiger partial charge < -0.3 is 14.6 Å². The summed E-state index contributed by atoms with van der Waals surface area (Å²) in [4.78, 5) is 17.9. The summed E-state index contributed by atoms with van der Waals surface area (Å²) in [7, 11) is 0. The number of urea groups is 1. The van der Waals surface area contributed by atoms with Crippen molar-refractivity contribution in [3.05, 3.63) is 88.9 Å². The number of aryl methyl sites for hydroxylation is 3. The molecule has 0 aliphatic carbocycles. The summed E-state index contributed by atoms with van der Waals surface area (Å²) in [6.07, 6.45) is 1.90. The monoisotopic (exact) mass is 431 g/mol. The highest BCUT2D eigenvalue weighted by atomic mass is 16.3. The highest BCUT2D eigenvalue weighted by Gasteiger charge is 2.29. The normalized spacial score (nSPS) is 15.0. The fraction of sp³-hybridized carbons (Fsp3) is 0.370. The topological polar surface area (TPSA) is 48.7 Å². The zero-order valence-electron chi connectivity index (χ0n) is 19.3. The first kappa shape index (κ1) is 22.2. The third kappa shape index (κ3) is 5.60. The van der Waals surface area contributed by atoms with Crippen LogP contribution in [0.4, 0.5) is 10.5 Å². The predicted octanol–water partition coefficient (Wildman–Crippen LogP) is 5.90. The number of benzene rings is 2. The van der Waals surface area contributed by atoms with Gasteiger partial charge in [-0.2, -0.15) is 0 Å². The van der Waals surface area contributed by atoms with Crippen LogP contribution < -0.4 is 5.32 Å². The molecule has 1 saturated heterocycles. The van der Waals surface area contributed by atoms with Crippen molar-refractivity contribution >= 4 is 11.7 Å². The number of furan rings is 1. The van der Waals surface area contributed by atoms with Crippen molar-refractivity contribution in [1.82, 2.24) is 9.80 Å². The maximum Gasteiger partial charge on any atom is 0.322 e. The number of nitrogens with one attached hydrogen (secondary N) is 1. The van der Waals surface area contributed by atoms with Gasteiger partial charge in [0.2, 0.25) is 0 Å². The van der Waals surface area contributed by atoms with Gasteiger partial charge in [-0.15, -0.1) is 0 Å². The Bertz CT molecular complexity index is 1040. The van der Waals surface area contributed by atoms with Gasteiger partial charge in [0.25, 0.3) is 0 Å². The molecule has 1 aliphatic rings. The molecule has 5 nitrogen and oxygen atoms in total. The lowest BCUT2D eigenvalue weighted by molar-refractivity contribution is 0.115. The smallest absolute Gasteiger partial charge is 0.322 e. The molecule has 2 aromatic carbocycles. The number of piperidine rings is 1. The molecule has 3 aromatic rings. The maximum absolute atomic E-state index is 13.4. The Hall–Kier alpha value is -3.05. The lowest BCUT2D eigenvalue weighted by atomic mass is 10.0. The molecule has 5 heteroatoms. The Labute approximate surface area is 191 Å². The minimum absolute atomic E-state index is 0.0609. The van der Waals surface area contributed by atoms with E-state index in [0.29, 0.717) is 6.54 Å². The van der Waals surface area contributed by atoms with E-state index in [9.17, 15) is 4.79 Å². The van der Waals surface area contributed by atoms with E-state index in [1.807, 2.05) is 49.9 Å². The van der Waals surface area contributed by atoms with Crippen LogP contribution in [0.25, 0.3) is 0 Å². The Morgan fingerprint density at radius 3 is 2.47 bits per heavy atom. The van der Waals surface area contributed by atoms with E-state index >= 15 is 0 Å². The number of likely N-dealkylation sites (tertiary alicyclic amines) is 1. The molecule has 2 heterocycles. The van der Waals surface area contributed by atoms with Crippen molar-refractivity contribution in [2.75, 3.05) is 18.4 Å². The number of carbonyl (C=O) groups excluding carboxylic acids is 1. The predicted molar refractivity (Wildman–Crippen MR) is 129 cm³/mol. The molecule has 0 spiro atoms. The first-order valence-electron chi connectivity index (χ1n) is 11.4. The minimum Gasteiger partial charge on any atom is -0.464 e. The highest BCUT2D eigenvalue weighted by Crippen LogP contribution is 2.24. The third-order valence-electron chi connectivity index (χ3n) is 6.26. The van der Waals surface area contributed by atoms with Crippen LogP contribution in [0.15, 0.2) is 65.1 Å². The summed E-state index contributed by atoms with van der Waals surface area (Å²) in [5, 5.41) is 3.16. The van der Waals surface area contributed by atoms with Crippen molar-refractivity contribution in [1.29, 1.82) is 0 Å². The van der Waals surface area contributed by atoms with Crippen LogP contribution in [0.3, 0.4) is 0 Å². The molecule has 1 fully saturated rings. The summed E-state index contributed by atoms with van der Waals surface area (Å²) >= 11 is 0. The van der Waals surface area contributed by atoms with Gasteiger partial charge in [-0.3, -0.25) is 4.90 Å². The molecule has 32 heavy (non-hydrogen) atoms. The maximum atomic E-state index is 13.4. The molecule has 1 aliphatic heterocycles. The molecule has 168 valence electrons. The number of hydrogen-bond acceptors (Lipinski definition) is 3. The fourth-order valence-electron chi connectivity index (χ4n) is 4.39. The number of anilines is 1. The second-order valence-electron chi connectivity index (χ2n) is 8.88. The van der Waals surface area contributed by atoms with Gasteiger partial charge in [0.1, 0.15) is 11.5 Å². The van der Waals surface area contributed by atoms with Crippen LogP contribution in [-0.2, 0) is 13.1 Å². The molecular formula is C27H33N3O2. The van der Waals surface area contributed by atoms with Crippen LogP contribution in [-0.4, -0.2) is 35.0 Å². The molecular weight excluding hydrogens is 398 g/mol. The lowest BCUT2D eigenvalue weighted by Gasteiger charge is -2.38. The molecule has 1 aromatic heterocycles. The van der Waals surface area contributed by atoms with E-state index in [0.717, 1.165) is 60.8 Å². The minimum atomic E-state index is -0.0609. The Morgan fingerprint density at radius 1 is 1.03 bits per heavy atom. The van der Waals surface area contributed by atoms with Crippen LogP contribution >= 0.6 is 0 Å². The molecule has 0 unspecified atom stereocenters. The molecule has 0 bridgehead atoms. The van der Waals surface area contributed by atoms with Gasteiger partial charge in [-0.05, 0) is 68.5 Å². The second-order valence-corrected chi connectivity index (χ2v) is 8.88. The molecule has 0 radical (unpaired) electrons. The first-order valence-corrected chi connectivity index (χ1v) is 11.4. The van der Waals surface area contributed by atoms with E-state index in [2.05, 4.69) is 46.6 Å². The van der Waals surface area contributed by atoms with Crippen molar-refractivity contribution < 1.29 is 9.21 Å². The van der Waals surface area contributed by atoms with Crippen molar-refractivity contribution in [3.63, 3.8) is 0 Å². The quantitative estimate of drug-likeness (QED) is 0.528. The standard InChI is InChI=1S/C27H33N3O2/c1-20-9-10-21(2)26(17-20)28-27(31)30(19-25-12-11-22(3)32-25)24-13-15-29(16-14-24)18-23-7-5-4-6-8-23/h4-12,17,24H,13-16,18-19H2,1-3H3,(H,28,31). The molecule has 1 N–H and O–H groups in total. The van der Waals surface area contributed by atoms with Crippen LogP contribution in [0.5, 0.6) is 0 Å². The third-order valence-corrected chi connectivity index (χ3v) is 6.26. The Balaban J connectivity index is 1.45. The Kier molecular flexibility index (Phi) is 6.96. The van der Waals surface area contributed by atoms with E-state index in [4.69, 9.17) is 4.42 Å². The van der Waals surface area contributed by atoms with Crippen LogP contribution in [0, 0.1) is 20.8 Å². The van der Waals surface area contributed by atoms with E-state index in [1.165, 1.54) is 5.56 Å². The zero-order chi connectivity index (χ0) is 22.5. The van der Waals surface area contributed by atoms with Gasteiger partial charge in [-0.1, -0.05) is 42.5 Å². The number of nitrogens with zero attached hydrogens (tertiary/aromatic N) is 2. The van der Waals surface area contributed by atoms with Gasteiger partial charge in [0, 0.05) is 31.4 Å². The molecule has 0 saturated carbocycles. The molecule has 0 atom stereocenters. The number of carbonyl (C=O) groups is 1. The first-order chi connectivity index (χ1) is 15.5. The SMILES string of the molecule is Cc1ccc(C)c(NC(=O)N(Cc2ccc(C)o2)C2CCN(Cc3ccccc3)CC2)c1. The van der Waals surface area contributed by atoms with Crippen molar-refractivity contribution in [2.24, 2.45) is 0 Å².